The molecule has 1 aliphatic heterocycles. The number of hydrogen-bond donors (Lipinski definition) is 1. The largest absolute Gasteiger partial charge is 0.507 e. The highest BCUT2D eigenvalue weighted by Crippen LogP contribution is 2.44. The summed E-state index contributed by atoms with van der Waals surface area (Å²) in [5.41, 5.74) is -0.948. The van der Waals surface area contributed by atoms with E-state index in [1.54, 1.807) is 0 Å². The molecule has 1 atom stereocenters. The van der Waals surface area contributed by atoms with Gasteiger partial charge in [-0.2, -0.15) is 4.37 Å². The number of carbonyl (C=O) groups excluding carboxylic acids is 1. The number of anilines is 1. The van der Waals surface area contributed by atoms with E-state index in [1.807, 2.05) is 0 Å². The lowest BCUT2D eigenvalue weighted by Crippen LogP contribution is -2.57. The van der Waals surface area contributed by atoms with Crippen LogP contribution < -0.4 is 4.90 Å². The molecule has 0 bridgehead atoms. The summed E-state index contributed by atoms with van der Waals surface area (Å²) in [5, 5.41) is 10.3. The minimum absolute atomic E-state index is 0.0704. The second-order valence-corrected chi connectivity index (χ2v) is 8.31. The third-order valence-electron chi connectivity index (χ3n) is 5.34. The summed E-state index contributed by atoms with van der Waals surface area (Å²) in [7, 11) is 0. The van der Waals surface area contributed by atoms with E-state index in [4.69, 9.17) is 11.6 Å². The lowest BCUT2D eigenvalue weighted by molar-refractivity contribution is -0.127. The summed E-state index contributed by atoms with van der Waals surface area (Å²) >= 11 is 7.07. The lowest BCUT2D eigenvalue weighted by atomic mass is 10.0. The number of aromatic hydroxyl groups is 1. The Bertz CT molecular complexity index is 1200. The zero-order valence-electron chi connectivity index (χ0n) is 16.4. The van der Waals surface area contributed by atoms with Gasteiger partial charge in [0.1, 0.15) is 28.1 Å². The second-order valence-electron chi connectivity index (χ2n) is 7.15. The number of benzene rings is 2. The number of halogens is 5. The molecule has 1 N–H and O–H groups in total. The monoisotopic (exact) mass is 485 g/mol. The van der Waals surface area contributed by atoms with Crippen LogP contribution in [0.25, 0.3) is 22.0 Å². The molecule has 168 valence electrons. The Kier molecular flexibility index (Phi) is 6.00. The van der Waals surface area contributed by atoms with Gasteiger partial charge in [-0.1, -0.05) is 24.2 Å². The molecule has 0 radical (unpaired) electrons. The molecule has 1 amide bonds. The average Bonchev–Trinajstić information content (AvgIpc) is 3.18. The van der Waals surface area contributed by atoms with Gasteiger partial charge < -0.3 is 14.9 Å². The number of hydrogen-bond acceptors (Lipinski definition) is 5. The van der Waals surface area contributed by atoms with E-state index < -0.39 is 41.3 Å². The second kappa shape index (κ2) is 8.59. The van der Waals surface area contributed by atoms with Crippen LogP contribution in [0.1, 0.15) is 0 Å². The molecule has 0 aliphatic carbocycles. The van der Waals surface area contributed by atoms with Crippen LogP contribution in [0.2, 0.25) is 5.02 Å². The third-order valence-corrected chi connectivity index (χ3v) is 6.54. The van der Waals surface area contributed by atoms with E-state index in [-0.39, 0.29) is 46.1 Å². The third kappa shape index (κ3) is 3.67. The number of nitrogens with zero attached hydrogens (tertiary/aromatic N) is 3. The van der Waals surface area contributed by atoms with Crippen LogP contribution in [0, 0.1) is 11.6 Å². The molecule has 0 spiro atoms. The van der Waals surface area contributed by atoms with Crippen LogP contribution in [0.3, 0.4) is 0 Å². The first-order valence-corrected chi connectivity index (χ1v) is 10.6. The molecule has 0 saturated carbocycles. The zero-order valence-corrected chi connectivity index (χ0v) is 17.9. The van der Waals surface area contributed by atoms with Crippen molar-refractivity contribution < 1.29 is 27.5 Å². The minimum atomic E-state index is -2.79. The number of phenols is 1. The SMILES string of the molecule is C=CC(=O)N1CCN(c2snc3c(F)c(-c4c(O)cccc4F)c(Cl)cc23)C(C(F)F)C1. The summed E-state index contributed by atoms with van der Waals surface area (Å²) in [4.78, 5) is 14.5. The van der Waals surface area contributed by atoms with Crippen molar-refractivity contribution in [2.45, 2.75) is 12.5 Å². The van der Waals surface area contributed by atoms with Crippen molar-refractivity contribution >= 4 is 44.9 Å². The maximum atomic E-state index is 15.4. The highest BCUT2D eigenvalue weighted by molar-refractivity contribution is 7.11. The quantitative estimate of drug-likeness (QED) is 0.414. The van der Waals surface area contributed by atoms with Crippen molar-refractivity contribution in [1.29, 1.82) is 0 Å². The molecular formula is C21H16ClF4N3O2S. The predicted molar refractivity (Wildman–Crippen MR) is 116 cm³/mol. The van der Waals surface area contributed by atoms with Crippen molar-refractivity contribution in [3.8, 4) is 16.9 Å². The molecule has 1 aromatic heterocycles. The van der Waals surface area contributed by atoms with Crippen LogP contribution in [0.4, 0.5) is 22.6 Å². The normalized spacial score (nSPS) is 16.8. The van der Waals surface area contributed by atoms with Crippen LogP contribution in [0.5, 0.6) is 5.75 Å². The summed E-state index contributed by atoms with van der Waals surface area (Å²) in [6.45, 7) is 3.38. The summed E-state index contributed by atoms with van der Waals surface area (Å²) in [5.74, 6) is -2.79. The zero-order chi connectivity index (χ0) is 23.2. The fourth-order valence-corrected chi connectivity index (χ4v) is 5.03. The fourth-order valence-electron chi connectivity index (χ4n) is 3.80. The summed E-state index contributed by atoms with van der Waals surface area (Å²) in [6.07, 6.45) is -1.72. The van der Waals surface area contributed by atoms with Crippen LogP contribution in [0.15, 0.2) is 36.9 Å². The first-order chi connectivity index (χ1) is 15.2. The molecular weight excluding hydrogens is 470 g/mol. The van der Waals surface area contributed by atoms with Gasteiger partial charge in [-0.25, -0.2) is 17.6 Å². The van der Waals surface area contributed by atoms with E-state index >= 15 is 4.39 Å². The lowest BCUT2D eigenvalue weighted by Gasteiger charge is -2.41. The first-order valence-electron chi connectivity index (χ1n) is 9.46. The summed E-state index contributed by atoms with van der Waals surface area (Å²) in [6, 6.07) is 3.50. The molecule has 1 fully saturated rings. The van der Waals surface area contributed by atoms with E-state index in [9.17, 15) is 23.1 Å². The van der Waals surface area contributed by atoms with E-state index in [0.717, 1.165) is 23.7 Å². The van der Waals surface area contributed by atoms with Gasteiger partial charge in [-0.3, -0.25) is 4.79 Å². The van der Waals surface area contributed by atoms with Gasteiger partial charge in [0.2, 0.25) is 5.91 Å². The van der Waals surface area contributed by atoms with Crippen LogP contribution in [-0.2, 0) is 4.79 Å². The highest BCUT2D eigenvalue weighted by Gasteiger charge is 2.37. The van der Waals surface area contributed by atoms with Gasteiger partial charge in [0, 0.05) is 30.6 Å². The van der Waals surface area contributed by atoms with E-state index in [0.29, 0.717) is 0 Å². The van der Waals surface area contributed by atoms with E-state index in [2.05, 4.69) is 11.0 Å². The Morgan fingerprint density at radius 1 is 1.31 bits per heavy atom. The molecule has 3 aromatic rings. The molecule has 32 heavy (non-hydrogen) atoms. The van der Waals surface area contributed by atoms with Crippen molar-refractivity contribution in [3.63, 3.8) is 0 Å². The van der Waals surface area contributed by atoms with Crippen molar-refractivity contribution in [2.75, 3.05) is 24.5 Å². The number of piperazine rings is 1. The number of fused-ring (bicyclic) bond motifs is 1. The number of amides is 1. The predicted octanol–water partition coefficient (Wildman–Crippen LogP) is 5.07. The highest BCUT2D eigenvalue weighted by atomic mass is 35.5. The number of alkyl halides is 2. The first kappa shape index (κ1) is 22.3. The Balaban J connectivity index is 1.81. The molecule has 1 unspecified atom stereocenters. The standard InChI is InChI=1S/C21H16ClF4N3O2S/c1-2-15(31)28-6-7-29(13(9-28)20(25)26)21-10-8-11(22)16(18(24)19(10)27-32-21)17-12(23)4-3-5-14(17)30/h2-5,8,13,20,30H,1,6-7,9H2. The van der Waals surface area contributed by atoms with Gasteiger partial charge in [0.15, 0.2) is 5.82 Å². The summed E-state index contributed by atoms with van der Waals surface area (Å²) < 4.78 is 61.5. The molecule has 2 heterocycles. The van der Waals surface area contributed by atoms with Crippen molar-refractivity contribution in [2.24, 2.45) is 0 Å². The number of phenolic OH excluding ortho intramolecular Hbond substituents is 1. The van der Waals surface area contributed by atoms with Gasteiger partial charge in [-0.15, -0.1) is 0 Å². The number of aromatic nitrogens is 1. The topological polar surface area (TPSA) is 56.7 Å². The maximum absolute atomic E-state index is 15.4. The molecule has 11 heteroatoms. The van der Waals surface area contributed by atoms with Crippen molar-refractivity contribution in [1.82, 2.24) is 9.27 Å². The maximum Gasteiger partial charge on any atom is 0.260 e. The Hall–Kier alpha value is -2.85. The Labute approximate surface area is 189 Å². The molecule has 5 nitrogen and oxygen atoms in total. The Morgan fingerprint density at radius 2 is 2.06 bits per heavy atom. The van der Waals surface area contributed by atoms with Crippen molar-refractivity contribution in [3.05, 3.63) is 53.6 Å². The number of rotatable bonds is 4. The van der Waals surface area contributed by atoms with Crippen LogP contribution in [-0.4, -0.2) is 52.4 Å². The molecule has 1 saturated heterocycles. The fraction of sp³-hybridized carbons (Fsp3) is 0.238. The van der Waals surface area contributed by atoms with Gasteiger partial charge in [0.05, 0.1) is 10.6 Å². The van der Waals surface area contributed by atoms with Gasteiger partial charge >= 0.3 is 0 Å². The minimum Gasteiger partial charge on any atom is -0.507 e. The Morgan fingerprint density at radius 3 is 2.72 bits per heavy atom. The van der Waals surface area contributed by atoms with Gasteiger partial charge in [-0.05, 0) is 35.8 Å². The van der Waals surface area contributed by atoms with Crippen LogP contribution >= 0.6 is 23.1 Å². The van der Waals surface area contributed by atoms with Gasteiger partial charge in [0.25, 0.3) is 6.43 Å². The average molecular weight is 486 g/mol. The number of carbonyl (C=O) groups is 1. The molecule has 4 rings (SSSR count). The molecule has 1 aliphatic rings. The molecule has 2 aromatic carbocycles. The smallest absolute Gasteiger partial charge is 0.260 e. The van der Waals surface area contributed by atoms with E-state index in [1.165, 1.54) is 28.0 Å².